The molecular weight excluding hydrogens is 358 g/mol. The molecule has 1 atom stereocenters. The summed E-state index contributed by atoms with van der Waals surface area (Å²) in [7, 11) is 0. The average Bonchev–Trinajstić information content (AvgIpc) is 3.18. The molecule has 0 aliphatic carbocycles. The summed E-state index contributed by atoms with van der Waals surface area (Å²) in [4.78, 5) is 7.50. The highest BCUT2D eigenvalue weighted by molar-refractivity contribution is 5.83. The summed E-state index contributed by atoms with van der Waals surface area (Å²) in [5.74, 6) is 0. The second-order valence-corrected chi connectivity index (χ2v) is 7.42. The average molecular weight is 386 g/mol. The molecule has 4 heteroatoms. The number of anilines is 2. The quantitative estimate of drug-likeness (QED) is 0.352. The first kappa shape index (κ1) is 19.2. The van der Waals surface area contributed by atoms with Gasteiger partial charge in [0.2, 0.25) is 0 Å². The Hall–Kier alpha value is -3.11. The maximum Gasteiger partial charge on any atom is 0.0822 e. The molecular formula is C25H27N3O. The zero-order chi connectivity index (χ0) is 20.1. The molecule has 0 spiro atoms. The molecule has 29 heavy (non-hydrogen) atoms. The van der Waals surface area contributed by atoms with Crippen LogP contribution in [0.5, 0.6) is 0 Å². The van der Waals surface area contributed by atoms with Crippen LogP contribution in [-0.2, 0) is 12.8 Å². The third-order valence-electron chi connectivity index (χ3n) is 5.42. The number of para-hydroxylation sites is 1. The molecule has 2 heterocycles. The normalized spacial score (nSPS) is 12.2. The first-order valence-corrected chi connectivity index (χ1v) is 10.3. The molecule has 0 radical (unpaired) electrons. The Morgan fingerprint density at radius 2 is 1.86 bits per heavy atom. The molecule has 3 N–H and O–H groups in total. The number of nitrogens with zero attached hydrogens (tertiary/aromatic N) is 1. The number of benzene rings is 2. The van der Waals surface area contributed by atoms with Crippen LogP contribution in [0.2, 0.25) is 0 Å². The van der Waals surface area contributed by atoms with Crippen molar-refractivity contribution in [3.63, 3.8) is 0 Å². The van der Waals surface area contributed by atoms with Gasteiger partial charge < -0.3 is 15.4 Å². The molecule has 0 fully saturated rings. The Morgan fingerprint density at radius 3 is 2.69 bits per heavy atom. The van der Waals surface area contributed by atoms with E-state index in [4.69, 9.17) is 0 Å². The van der Waals surface area contributed by atoms with E-state index in [0.29, 0.717) is 6.42 Å². The van der Waals surface area contributed by atoms with Crippen molar-refractivity contribution in [2.45, 2.75) is 38.7 Å². The zero-order valence-electron chi connectivity index (χ0n) is 16.7. The molecule has 4 aromatic rings. The van der Waals surface area contributed by atoms with E-state index in [2.05, 4.69) is 70.0 Å². The topological polar surface area (TPSA) is 60.9 Å². The summed E-state index contributed by atoms with van der Waals surface area (Å²) in [6.45, 7) is 1.96. The molecule has 2 aromatic carbocycles. The number of aromatic amines is 1. The molecule has 4 nitrogen and oxygen atoms in total. The van der Waals surface area contributed by atoms with Gasteiger partial charge >= 0.3 is 0 Å². The molecule has 4 rings (SSSR count). The summed E-state index contributed by atoms with van der Waals surface area (Å²) in [6, 6.07) is 18.9. The highest BCUT2D eigenvalue weighted by Gasteiger charge is 2.11. The Bertz CT molecular complexity index is 1070. The van der Waals surface area contributed by atoms with E-state index < -0.39 is 6.10 Å². The van der Waals surface area contributed by atoms with E-state index in [1.807, 2.05) is 13.0 Å². The molecule has 2 aromatic heterocycles. The highest BCUT2D eigenvalue weighted by atomic mass is 16.3. The van der Waals surface area contributed by atoms with Crippen molar-refractivity contribution in [1.82, 2.24) is 9.97 Å². The van der Waals surface area contributed by atoms with Crippen molar-refractivity contribution < 1.29 is 5.11 Å². The third-order valence-corrected chi connectivity index (χ3v) is 5.42. The number of aliphatic hydroxyl groups excluding tert-OH is 1. The number of hydrogen-bond acceptors (Lipinski definition) is 3. The lowest BCUT2D eigenvalue weighted by Crippen LogP contribution is -2.02. The molecule has 0 saturated carbocycles. The zero-order valence-corrected chi connectivity index (χ0v) is 16.7. The highest BCUT2D eigenvalue weighted by Crippen LogP contribution is 2.27. The molecule has 0 aliphatic heterocycles. The third kappa shape index (κ3) is 4.49. The first-order chi connectivity index (χ1) is 14.2. The number of hydrogen-bond donors (Lipinski definition) is 3. The standard InChI is InChI=1S/C25H27N3O/c1-2-25(29)22-17-26-15-14-24(22)28-20-12-10-18(11-13-20)6-5-7-19-16-27-23-9-4-3-8-21(19)23/h3-4,8-17,25,27,29H,2,5-7H2,1H3,(H,26,28). The minimum absolute atomic E-state index is 0.505. The van der Waals surface area contributed by atoms with Crippen LogP contribution in [-0.4, -0.2) is 15.1 Å². The van der Waals surface area contributed by atoms with E-state index in [1.165, 1.54) is 22.0 Å². The van der Waals surface area contributed by atoms with Crippen molar-refractivity contribution in [3.05, 3.63) is 89.9 Å². The molecule has 0 amide bonds. The summed E-state index contributed by atoms with van der Waals surface area (Å²) in [5.41, 5.74) is 6.68. The maximum atomic E-state index is 10.2. The predicted octanol–water partition coefficient (Wildman–Crippen LogP) is 5.93. The lowest BCUT2D eigenvalue weighted by molar-refractivity contribution is 0.174. The number of aromatic nitrogens is 2. The Morgan fingerprint density at radius 1 is 1.03 bits per heavy atom. The fourth-order valence-corrected chi connectivity index (χ4v) is 3.74. The SMILES string of the molecule is CCC(O)c1cnccc1Nc1ccc(CCCc2c[nH]c3ccccc23)cc1. The monoisotopic (exact) mass is 385 g/mol. The van der Waals surface area contributed by atoms with E-state index in [1.54, 1.807) is 12.4 Å². The van der Waals surface area contributed by atoms with Crippen molar-refractivity contribution in [2.75, 3.05) is 5.32 Å². The van der Waals surface area contributed by atoms with Gasteiger partial charge in [-0.1, -0.05) is 37.3 Å². The van der Waals surface area contributed by atoms with E-state index in [0.717, 1.165) is 36.2 Å². The van der Waals surface area contributed by atoms with Crippen molar-refractivity contribution in [2.24, 2.45) is 0 Å². The predicted molar refractivity (Wildman–Crippen MR) is 120 cm³/mol. The minimum Gasteiger partial charge on any atom is -0.388 e. The Balaban J connectivity index is 1.36. The minimum atomic E-state index is -0.505. The number of nitrogens with one attached hydrogen (secondary N) is 2. The van der Waals surface area contributed by atoms with Crippen LogP contribution in [0, 0.1) is 0 Å². The lowest BCUT2D eigenvalue weighted by Gasteiger charge is -2.15. The van der Waals surface area contributed by atoms with Crippen LogP contribution in [0.4, 0.5) is 11.4 Å². The van der Waals surface area contributed by atoms with Gasteiger partial charge in [-0.25, -0.2) is 0 Å². The van der Waals surface area contributed by atoms with E-state index in [9.17, 15) is 5.11 Å². The second-order valence-electron chi connectivity index (χ2n) is 7.42. The molecule has 148 valence electrons. The number of fused-ring (bicyclic) bond motifs is 1. The van der Waals surface area contributed by atoms with Crippen LogP contribution in [0.25, 0.3) is 10.9 Å². The van der Waals surface area contributed by atoms with Crippen LogP contribution < -0.4 is 5.32 Å². The van der Waals surface area contributed by atoms with Gasteiger partial charge in [0.05, 0.1) is 6.10 Å². The van der Waals surface area contributed by atoms with Crippen LogP contribution in [0.15, 0.2) is 73.2 Å². The van der Waals surface area contributed by atoms with Crippen LogP contribution in [0.1, 0.15) is 42.6 Å². The number of H-pyrrole nitrogens is 1. The van der Waals surface area contributed by atoms with E-state index in [-0.39, 0.29) is 0 Å². The smallest absolute Gasteiger partial charge is 0.0822 e. The van der Waals surface area contributed by atoms with Gasteiger partial charge in [-0.2, -0.15) is 0 Å². The second kappa shape index (κ2) is 8.93. The summed E-state index contributed by atoms with van der Waals surface area (Å²) < 4.78 is 0. The van der Waals surface area contributed by atoms with Crippen molar-refractivity contribution >= 4 is 22.3 Å². The summed E-state index contributed by atoms with van der Waals surface area (Å²) in [5, 5.41) is 14.9. The van der Waals surface area contributed by atoms with Crippen LogP contribution >= 0.6 is 0 Å². The maximum absolute atomic E-state index is 10.2. The number of rotatable bonds is 8. The van der Waals surface area contributed by atoms with Gasteiger partial charge in [-0.05, 0) is 61.1 Å². The Kier molecular flexibility index (Phi) is 5.92. The van der Waals surface area contributed by atoms with Gasteiger partial charge in [0.1, 0.15) is 0 Å². The van der Waals surface area contributed by atoms with E-state index >= 15 is 0 Å². The van der Waals surface area contributed by atoms with Gasteiger partial charge in [0, 0.05) is 46.4 Å². The van der Waals surface area contributed by atoms with Gasteiger partial charge in [0.25, 0.3) is 0 Å². The summed E-state index contributed by atoms with van der Waals surface area (Å²) in [6.07, 6.45) is 9.00. The lowest BCUT2D eigenvalue weighted by atomic mass is 10.0. The number of aryl methyl sites for hydroxylation is 2. The van der Waals surface area contributed by atoms with Crippen molar-refractivity contribution in [1.29, 1.82) is 0 Å². The number of pyridine rings is 1. The summed E-state index contributed by atoms with van der Waals surface area (Å²) >= 11 is 0. The molecule has 0 aliphatic rings. The van der Waals surface area contributed by atoms with Gasteiger partial charge in [-0.15, -0.1) is 0 Å². The fraction of sp³-hybridized carbons (Fsp3) is 0.240. The molecule has 0 bridgehead atoms. The first-order valence-electron chi connectivity index (χ1n) is 10.3. The largest absolute Gasteiger partial charge is 0.388 e. The molecule has 0 saturated heterocycles. The molecule has 1 unspecified atom stereocenters. The van der Waals surface area contributed by atoms with Crippen LogP contribution in [0.3, 0.4) is 0 Å². The Labute approximate surface area is 171 Å². The van der Waals surface area contributed by atoms with Crippen molar-refractivity contribution in [3.8, 4) is 0 Å². The number of aliphatic hydroxyl groups is 1. The fourth-order valence-electron chi connectivity index (χ4n) is 3.74. The van der Waals surface area contributed by atoms with Gasteiger partial charge in [-0.3, -0.25) is 4.98 Å². The van der Waals surface area contributed by atoms with Gasteiger partial charge in [0.15, 0.2) is 0 Å².